The summed E-state index contributed by atoms with van der Waals surface area (Å²) < 4.78 is 12.9. The number of halogens is 2. The standard InChI is InChI=1S/C24H16Cl2N4O3/c1-32-16-7-8-21-17(11-16)18(13-30(21)12-14-5-6-15(25)10-19(14)26)22(31)24-29-28-23(33-24)20-4-2-3-9-27-20/h2-11,13H,12H2,1H3. The number of hydrogen-bond donors (Lipinski definition) is 0. The van der Waals surface area contributed by atoms with Crippen molar-refractivity contribution in [1.82, 2.24) is 19.7 Å². The van der Waals surface area contributed by atoms with Gasteiger partial charge in [-0.3, -0.25) is 9.78 Å². The zero-order valence-corrected chi connectivity index (χ0v) is 18.8. The summed E-state index contributed by atoms with van der Waals surface area (Å²) in [4.78, 5) is 17.5. The number of aromatic nitrogens is 4. The summed E-state index contributed by atoms with van der Waals surface area (Å²) in [5.74, 6) is 0.276. The van der Waals surface area contributed by atoms with Gasteiger partial charge < -0.3 is 13.7 Å². The van der Waals surface area contributed by atoms with Gasteiger partial charge in [0.15, 0.2) is 0 Å². The van der Waals surface area contributed by atoms with Gasteiger partial charge in [0.05, 0.1) is 12.7 Å². The first-order valence-electron chi connectivity index (χ1n) is 9.94. The Morgan fingerprint density at radius 1 is 1.09 bits per heavy atom. The summed E-state index contributed by atoms with van der Waals surface area (Å²) in [7, 11) is 1.57. The van der Waals surface area contributed by atoms with Crippen LogP contribution in [0.3, 0.4) is 0 Å². The van der Waals surface area contributed by atoms with E-state index in [4.69, 9.17) is 32.4 Å². The highest BCUT2D eigenvalue weighted by Gasteiger charge is 2.23. The van der Waals surface area contributed by atoms with E-state index < -0.39 is 5.78 Å². The molecule has 3 heterocycles. The largest absolute Gasteiger partial charge is 0.497 e. The van der Waals surface area contributed by atoms with Crippen LogP contribution in [-0.4, -0.2) is 32.6 Å². The second-order valence-electron chi connectivity index (χ2n) is 7.25. The lowest BCUT2D eigenvalue weighted by Crippen LogP contribution is -2.02. The lowest BCUT2D eigenvalue weighted by atomic mass is 10.1. The van der Waals surface area contributed by atoms with Crippen molar-refractivity contribution in [2.45, 2.75) is 6.54 Å². The number of fused-ring (bicyclic) bond motifs is 1. The van der Waals surface area contributed by atoms with Crippen LogP contribution in [0.15, 0.2) is 71.4 Å². The normalized spacial score (nSPS) is 11.1. The van der Waals surface area contributed by atoms with Crippen molar-refractivity contribution in [1.29, 1.82) is 0 Å². The Balaban J connectivity index is 1.57. The first kappa shape index (κ1) is 21.2. The van der Waals surface area contributed by atoms with Crippen molar-refractivity contribution in [2.24, 2.45) is 0 Å². The molecule has 0 radical (unpaired) electrons. The average molecular weight is 479 g/mol. The molecule has 5 rings (SSSR count). The van der Waals surface area contributed by atoms with Gasteiger partial charge in [-0.1, -0.05) is 35.3 Å². The molecule has 0 N–H and O–H groups in total. The van der Waals surface area contributed by atoms with Crippen molar-refractivity contribution in [3.63, 3.8) is 0 Å². The summed E-state index contributed by atoms with van der Waals surface area (Å²) >= 11 is 12.4. The fourth-order valence-electron chi connectivity index (χ4n) is 3.57. The summed E-state index contributed by atoms with van der Waals surface area (Å²) in [5.41, 5.74) is 2.59. The van der Waals surface area contributed by atoms with Gasteiger partial charge in [0.2, 0.25) is 0 Å². The van der Waals surface area contributed by atoms with Crippen LogP contribution in [0, 0.1) is 0 Å². The van der Waals surface area contributed by atoms with Crippen molar-refractivity contribution in [2.75, 3.05) is 7.11 Å². The molecule has 5 aromatic rings. The van der Waals surface area contributed by atoms with Gasteiger partial charge in [-0.25, -0.2) is 0 Å². The molecular formula is C24H16Cl2N4O3. The Bertz CT molecular complexity index is 1480. The topological polar surface area (TPSA) is 83.0 Å². The summed E-state index contributed by atoms with van der Waals surface area (Å²) in [6, 6.07) is 16.2. The molecule has 0 atom stereocenters. The third-order valence-electron chi connectivity index (χ3n) is 5.19. The van der Waals surface area contributed by atoms with Crippen molar-refractivity contribution in [3.05, 3.63) is 94.1 Å². The van der Waals surface area contributed by atoms with Gasteiger partial charge in [0.1, 0.15) is 11.4 Å². The van der Waals surface area contributed by atoms with E-state index in [0.29, 0.717) is 39.0 Å². The Hall–Kier alpha value is -3.68. The van der Waals surface area contributed by atoms with Gasteiger partial charge >= 0.3 is 0 Å². The number of ketones is 1. The van der Waals surface area contributed by atoms with E-state index in [1.807, 2.05) is 22.8 Å². The van der Waals surface area contributed by atoms with E-state index in [-0.39, 0.29) is 11.8 Å². The molecule has 3 aromatic heterocycles. The van der Waals surface area contributed by atoms with Gasteiger partial charge in [-0.05, 0) is 48.0 Å². The molecule has 0 unspecified atom stereocenters. The second kappa shape index (κ2) is 8.69. The van der Waals surface area contributed by atoms with Crippen LogP contribution in [0.25, 0.3) is 22.5 Å². The molecule has 0 saturated heterocycles. The molecule has 7 nitrogen and oxygen atoms in total. The fourth-order valence-corrected chi connectivity index (χ4v) is 4.04. The van der Waals surface area contributed by atoms with Gasteiger partial charge in [-0.15, -0.1) is 10.2 Å². The summed E-state index contributed by atoms with van der Waals surface area (Å²) in [6.45, 7) is 0.440. The molecule has 0 aliphatic rings. The van der Waals surface area contributed by atoms with Crippen molar-refractivity contribution < 1.29 is 13.9 Å². The molecule has 0 saturated carbocycles. The lowest BCUT2D eigenvalue weighted by molar-refractivity contribution is 0.100. The van der Waals surface area contributed by atoms with Gasteiger partial charge in [0.25, 0.3) is 17.6 Å². The number of nitrogens with zero attached hydrogens (tertiary/aromatic N) is 4. The molecule has 0 spiro atoms. The molecule has 0 aliphatic heterocycles. The Kier molecular flexibility index (Phi) is 5.58. The van der Waals surface area contributed by atoms with E-state index in [1.54, 1.807) is 55.9 Å². The van der Waals surface area contributed by atoms with E-state index in [2.05, 4.69) is 15.2 Å². The molecular weight excluding hydrogens is 463 g/mol. The summed E-state index contributed by atoms with van der Waals surface area (Å²) in [5, 5.41) is 9.73. The molecule has 33 heavy (non-hydrogen) atoms. The zero-order chi connectivity index (χ0) is 22.9. The van der Waals surface area contributed by atoms with Crippen LogP contribution in [0.4, 0.5) is 0 Å². The maximum absolute atomic E-state index is 13.4. The Labute approximate surface area is 198 Å². The lowest BCUT2D eigenvalue weighted by Gasteiger charge is -2.08. The predicted octanol–water partition coefficient (Wildman–Crippen LogP) is 5.68. The van der Waals surface area contributed by atoms with Crippen LogP contribution in [0.2, 0.25) is 10.0 Å². The monoisotopic (exact) mass is 478 g/mol. The van der Waals surface area contributed by atoms with Gasteiger partial charge in [-0.2, -0.15) is 0 Å². The molecule has 0 fully saturated rings. The van der Waals surface area contributed by atoms with Crippen LogP contribution >= 0.6 is 23.2 Å². The van der Waals surface area contributed by atoms with E-state index in [0.717, 1.165) is 11.1 Å². The van der Waals surface area contributed by atoms with E-state index in [9.17, 15) is 4.79 Å². The van der Waals surface area contributed by atoms with Crippen LogP contribution in [0.5, 0.6) is 5.75 Å². The number of ether oxygens (including phenoxy) is 1. The number of benzene rings is 2. The Morgan fingerprint density at radius 3 is 2.73 bits per heavy atom. The van der Waals surface area contributed by atoms with Crippen molar-refractivity contribution in [3.8, 4) is 17.3 Å². The van der Waals surface area contributed by atoms with Crippen LogP contribution < -0.4 is 4.74 Å². The number of carbonyl (C=O) groups is 1. The highest BCUT2D eigenvalue weighted by molar-refractivity contribution is 6.35. The third kappa shape index (κ3) is 4.08. The smallest absolute Gasteiger partial charge is 0.289 e. The molecule has 0 bridgehead atoms. The number of rotatable bonds is 6. The summed E-state index contributed by atoms with van der Waals surface area (Å²) in [6.07, 6.45) is 3.37. The third-order valence-corrected chi connectivity index (χ3v) is 5.78. The first-order valence-corrected chi connectivity index (χ1v) is 10.7. The highest BCUT2D eigenvalue weighted by Crippen LogP contribution is 2.30. The molecule has 2 aromatic carbocycles. The number of pyridine rings is 1. The molecule has 164 valence electrons. The quantitative estimate of drug-likeness (QED) is 0.292. The number of hydrogen-bond acceptors (Lipinski definition) is 6. The molecule has 9 heteroatoms. The van der Waals surface area contributed by atoms with Gasteiger partial charge in [0, 0.05) is 39.9 Å². The maximum atomic E-state index is 13.4. The van der Waals surface area contributed by atoms with Crippen LogP contribution in [-0.2, 0) is 6.54 Å². The minimum atomic E-state index is -0.399. The second-order valence-corrected chi connectivity index (χ2v) is 8.09. The highest BCUT2D eigenvalue weighted by atomic mass is 35.5. The van der Waals surface area contributed by atoms with Crippen molar-refractivity contribution >= 4 is 39.9 Å². The minimum absolute atomic E-state index is 0.123. The molecule has 0 aliphatic carbocycles. The number of carbonyl (C=O) groups excluding carboxylic acids is 1. The minimum Gasteiger partial charge on any atom is -0.497 e. The molecule has 0 amide bonds. The zero-order valence-electron chi connectivity index (χ0n) is 17.3. The first-order chi connectivity index (χ1) is 16.0. The SMILES string of the molecule is COc1ccc2c(c1)c(C(=O)c1nnc(-c3ccccn3)o1)cn2Cc1ccc(Cl)cc1Cl. The van der Waals surface area contributed by atoms with Crippen LogP contribution in [0.1, 0.15) is 21.8 Å². The maximum Gasteiger partial charge on any atom is 0.289 e. The van der Waals surface area contributed by atoms with E-state index in [1.165, 1.54) is 0 Å². The predicted molar refractivity (Wildman–Crippen MR) is 125 cm³/mol. The average Bonchev–Trinajstić information content (AvgIpc) is 3.46. The Morgan fingerprint density at radius 2 is 1.97 bits per heavy atom. The van der Waals surface area contributed by atoms with E-state index >= 15 is 0 Å². The fraction of sp³-hybridized carbons (Fsp3) is 0.0833. The number of methoxy groups -OCH3 is 1.